The van der Waals surface area contributed by atoms with Crippen molar-refractivity contribution in [1.82, 2.24) is 10.2 Å². The summed E-state index contributed by atoms with van der Waals surface area (Å²) in [4.78, 5) is 27.3. The van der Waals surface area contributed by atoms with Gasteiger partial charge in [0.15, 0.2) is 0 Å². The van der Waals surface area contributed by atoms with Crippen LogP contribution in [-0.4, -0.2) is 36.9 Å². The lowest BCUT2D eigenvalue weighted by atomic mass is 10.2. The molecule has 0 fully saturated rings. The van der Waals surface area contributed by atoms with Crippen LogP contribution in [0, 0.1) is 6.92 Å². The highest BCUT2D eigenvalue weighted by Crippen LogP contribution is 2.17. The molecule has 1 aromatic carbocycles. The maximum atomic E-state index is 12.4. The molecule has 1 heterocycles. The molecule has 1 N–H and O–H groups in total. The van der Waals surface area contributed by atoms with E-state index < -0.39 is 6.04 Å². The summed E-state index contributed by atoms with van der Waals surface area (Å²) in [5.41, 5.74) is 2.05. The van der Waals surface area contributed by atoms with Crippen LogP contribution in [0.2, 0.25) is 0 Å². The van der Waals surface area contributed by atoms with E-state index in [-0.39, 0.29) is 11.8 Å². The van der Waals surface area contributed by atoms with Gasteiger partial charge < -0.3 is 15.0 Å². The third kappa shape index (κ3) is 5.46. The Morgan fingerprint density at radius 3 is 2.54 bits per heavy atom. The number of hydrogen-bond donors (Lipinski definition) is 1. The lowest BCUT2D eigenvalue weighted by Gasteiger charge is -2.21. The first kappa shape index (κ1) is 19.7. The summed E-state index contributed by atoms with van der Waals surface area (Å²) in [5, 5.41) is 4.72. The van der Waals surface area contributed by atoms with Crippen LogP contribution >= 0.6 is 11.3 Å². The molecular weight excluding hydrogens is 348 g/mol. The number of aryl methyl sites for hydroxylation is 1. The van der Waals surface area contributed by atoms with Gasteiger partial charge >= 0.3 is 0 Å². The fourth-order valence-electron chi connectivity index (χ4n) is 2.40. The Bertz CT molecular complexity index is 781. The largest absolute Gasteiger partial charge is 0.497 e. The zero-order chi connectivity index (χ0) is 19.1. The van der Waals surface area contributed by atoms with E-state index in [1.165, 1.54) is 11.6 Å². The van der Waals surface area contributed by atoms with Crippen LogP contribution in [0.25, 0.3) is 6.08 Å². The number of hydrogen-bond acceptors (Lipinski definition) is 4. The fourth-order valence-corrected chi connectivity index (χ4v) is 3.36. The standard InChI is InChI=1S/C20H24N2O3S/c1-14-11-12-26-18(14)13-22(3)20(24)15(2)21-19(23)10-7-16-5-8-17(25-4)9-6-16/h5-12,15H,13H2,1-4H3,(H,21,23)/b10-7+/t15-/m1/s1. The highest BCUT2D eigenvalue weighted by Gasteiger charge is 2.19. The average Bonchev–Trinajstić information content (AvgIpc) is 3.04. The zero-order valence-electron chi connectivity index (χ0n) is 15.5. The Kier molecular flexibility index (Phi) is 6.97. The number of nitrogens with one attached hydrogen (secondary N) is 1. The molecule has 0 unspecified atom stereocenters. The van der Waals surface area contributed by atoms with E-state index >= 15 is 0 Å². The molecule has 0 aliphatic carbocycles. The molecule has 0 aliphatic heterocycles. The Balaban J connectivity index is 1.87. The molecule has 0 aliphatic rings. The van der Waals surface area contributed by atoms with Crippen molar-refractivity contribution in [2.24, 2.45) is 0 Å². The van der Waals surface area contributed by atoms with Gasteiger partial charge in [-0.2, -0.15) is 0 Å². The van der Waals surface area contributed by atoms with E-state index in [0.717, 1.165) is 16.2 Å². The molecular formula is C20H24N2O3S. The SMILES string of the molecule is COc1ccc(/C=C/C(=O)N[C@H](C)C(=O)N(C)Cc2sccc2C)cc1. The Morgan fingerprint density at radius 1 is 1.27 bits per heavy atom. The highest BCUT2D eigenvalue weighted by molar-refractivity contribution is 7.10. The van der Waals surface area contributed by atoms with Crippen LogP contribution < -0.4 is 10.1 Å². The molecule has 1 aromatic heterocycles. The van der Waals surface area contributed by atoms with Crippen molar-refractivity contribution in [3.63, 3.8) is 0 Å². The molecule has 0 spiro atoms. The van der Waals surface area contributed by atoms with E-state index in [1.807, 2.05) is 42.6 Å². The third-order valence-corrected chi connectivity index (χ3v) is 5.01. The van der Waals surface area contributed by atoms with Gasteiger partial charge in [0.05, 0.1) is 13.7 Å². The monoisotopic (exact) mass is 372 g/mol. The molecule has 0 saturated heterocycles. The van der Waals surface area contributed by atoms with Gasteiger partial charge in [-0.1, -0.05) is 12.1 Å². The second-order valence-corrected chi connectivity index (χ2v) is 7.06. The number of likely N-dealkylation sites (N-methyl/N-ethyl adjacent to an activating group) is 1. The van der Waals surface area contributed by atoms with Crippen molar-refractivity contribution >= 4 is 29.2 Å². The topological polar surface area (TPSA) is 58.6 Å². The van der Waals surface area contributed by atoms with E-state index in [9.17, 15) is 9.59 Å². The van der Waals surface area contributed by atoms with E-state index in [0.29, 0.717) is 6.54 Å². The fraction of sp³-hybridized carbons (Fsp3) is 0.300. The van der Waals surface area contributed by atoms with Gasteiger partial charge in [0.1, 0.15) is 11.8 Å². The van der Waals surface area contributed by atoms with Crippen molar-refractivity contribution in [2.45, 2.75) is 26.4 Å². The first-order valence-electron chi connectivity index (χ1n) is 8.31. The summed E-state index contributed by atoms with van der Waals surface area (Å²) in [5.74, 6) is 0.334. The molecule has 1 atom stereocenters. The van der Waals surface area contributed by atoms with Crippen LogP contribution in [0.4, 0.5) is 0 Å². The smallest absolute Gasteiger partial charge is 0.244 e. The second-order valence-electron chi connectivity index (χ2n) is 6.06. The minimum Gasteiger partial charge on any atom is -0.497 e. The molecule has 2 amide bonds. The van der Waals surface area contributed by atoms with Crippen LogP contribution in [0.15, 0.2) is 41.8 Å². The van der Waals surface area contributed by atoms with Crippen molar-refractivity contribution in [2.75, 3.05) is 14.2 Å². The molecule has 0 radical (unpaired) electrons. The first-order chi connectivity index (χ1) is 12.4. The number of methoxy groups -OCH3 is 1. The number of amides is 2. The zero-order valence-corrected chi connectivity index (χ0v) is 16.3. The highest BCUT2D eigenvalue weighted by atomic mass is 32.1. The molecule has 0 bridgehead atoms. The number of nitrogens with zero attached hydrogens (tertiary/aromatic N) is 1. The lowest BCUT2D eigenvalue weighted by molar-refractivity contribution is -0.134. The number of benzene rings is 1. The van der Waals surface area contributed by atoms with Crippen molar-refractivity contribution in [3.8, 4) is 5.75 Å². The minimum atomic E-state index is -0.590. The number of ether oxygens (including phenoxy) is 1. The molecule has 2 aromatic rings. The first-order valence-corrected chi connectivity index (χ1v) is 9.19. The van der Waals surface area contributed by atoms with Gasteiger partial charge in [-0.15, -0.1) is 11.3 Å². The molecule has 138 valence electrons. The molecule has 2 rings (SSSR count). The summed E-state index contributed by atoms with van der Waals surface area (Å²) in [6.07, 6.45) is 3.12. The van der Waals surface area contributed by atoms with Crippen molar-refractivity contribution in [1.29, 1.82) is 0 Å². The van der Waals surface area contributed by atoms with E-state index in [1.54, 1.807) is 43.4 Å². The van der Waals surface area contributed by atoms with Gasteiger partial charge in [0, 0.05) is 18.0 Å². The van der Waals surface area contributed by atoms with Crippen LogP contribution in [0.5, 0.6) is 5.75 Å². The van der Waals surface area contributed by atoms with Gasteiger partial charge in [0.25, 0.3) is 0 Å². The molecule has 5 nitrogen and oxygen atoms in total. The number of thiophene rings is 1. The van der Waals surface area contributed by atoms with Crippen molar-refractivity contribution < 1.29 is 14.3 Å². The second kappa shape index (κ2) is 9.20. The predicted molar refractivity (Wildman–Crippen MR) is 105 cm³/mol. The van der Waals surface area contributed by atoms with Gasteiger partial charge in [-0.3, -0.25) is 9.59 Å². The van der Waals surface area contributed by atoms with E-state index in [4.69, 9.17) is 4.74 Å². The minimum absolute atomic E-state index is 0.121. The quantitative estimate of drug-likeness (QED) is 0.759. The van der Waals surface area contributed by atoms with Crippen LogP contribution in [-0.2, 0) is 16.1 Å². The summed E-state index contributed by atoms with van der Waals surface area (Å²) >= 11 is 1.63. The normalized spacial score (nSPS) is 12.0. The Morgan fingerprint density at radius 2 is 1.96 bits per heavy atom. The Hall–Kier alpha value is -2.60. The Labute approximate surface area is 158 Å². The summed E-state index contributed by atoms with van der Waals surface area (Å²) in [6, 6.07) is 8.81. The maximum absolute atomic E-state index is 12.4. The summed E-state index contributed by atoms with van der Waals surface area (Å²) in [7, 11) is 3.35. The van der Waals surface area contributed by atoms with Crippen LogP contribution in [0.1, 0.15) is 22.9 Å². The number of rotatable bonds is 7. The van der Waals surface area contributed by atoms with Gasteiger partial charge in [-0.05, 0) is 54.6 Å². The lowest BCUT2D eigenvalue weighted by Crippen LogP contribution is -2.44. The molecule has 6 heteroatoms. The number of carbonyl (C=O) groups excluding carboxylic acids is 2. The maximum Gasteiger partial charge on any atom is 0.244 e. The third-order valence-electron chi connectivity index (χ3n) is 4.00. The van der Waals surface area contributed by atoms with E-state index in [2.05, 4.69) is 5.32 Å². The van der Waals surface area contributed by atoms with Crippen LogP contribution in [0.3, 0.4) is 0 Å². The average molecular weight is 372 g/mol. The number of carbonyl (C=O) groups is 2. The van der Waals surface area contributed by atoms with Gasteiger partial charge in [0.2, 0.25) is 11.8 Å². The predicted octanol–water partition coefficient (Wildman–Crippen LogP) is 3.24. The van der Waals surface area contributed by atoms with Gasteiger partial charge in [-0.25, -0.2) is 0 Å². The summed E-state index contributed by atoms with van der Waals surface area (Å²) in [6.45, 7) is 4.27. The summed E-state index contributed by atoms with van der Waals surface area (Å²) < 4.78 is 5.10. The van der Waals surface area contributed by atoms with Crippen molar-refractivity contribution in [3.05, 3.63) is 57.8 Å². The molecule has 0 saturated carbocycles. The molecule has 26 heavy (non-hydrogen) atoms.